The summed E-state index contributed by atoms with van der Waals surface area (Å²) >= 11 is 0. The van der Waals surface area contributed by atoms with Gasteiger partial charge in [0.05, 0.1) is 12.8 Å². The standard InChI is InChI=1S/C14H19N6O14P3/c1-14(23)10(21)7(4-31-36(27,28)34-37(29,30)33-35(24,25)26)32-13(14)20-3-5-8-6(19-20)2-16-18-12(22)9(8)17-11(5)15/h2-3,7,10,13,21,23H,4H2,1H3,(H2,15,17)(H,18,22)(H,27,28)(H,29,30)(H2,24,25,26)/t7-,10-,13-,14-/m1/s1. The van der Waals surface area contributed by atoms with Gasteiger partial charge in [0.15, 0.2) is 6.23 Å². The molecular weight excluding hydrogens is 569 g/mol. The summed E-state index contributed by atoms with van der Waals surface area (Å²) in [5.74, 6) is -0.0600. The third kappa shape index (κ3) is 5.67. The Bertz CT molecular complexity index is 1570. The van der Waals surface area contributed by atoms with E-state index in [9.17, 15) is 38.5 Å². The van der Waals surface area contributed by atoms with E-state index in [1.165, 1.54) is 12.4 Å². The Hall–Kier alpha value is -2.15. The maximum atomic E-state index is 12.1. The van der Waals surface area contributed by atoms with Gasteiger partial charge in [-0.25, -0.2) is 28.5 Å². The molecule has 0 aromatic carbocycles. The van der Waals surface area contributed by atoms with Crippen LogP contribution in [0.3, 0.4) is 0 Å². The van der Waals surface area contributed by atoms with Crippen molar-refractivity contribution in [1.82, 2.24) is 25.0 Å². The monoisotopic (exact) mass is 588 g/mol. The molecule has 1 fully saturated rings. The summed E-state index contributed by atoms with van der Waals surface area (Å²) in [7, 11) is -16.9. The normalized spacial score (nSPS) is 27.9. The van der Waals surface area contributed by atoms with Gasteiger partial charge in [0.25, 0.3) is 5.56 Å². The molecule has 1 saturated heterocycles. The van der Waals surface area contributed by atoms with Crippen LogP contribution in [0.2, 0.25) is 0 Å². The second-order valence-corrected chi connectivity index (χ2v) is 12.3. The predicted octanol–water partition coefficient (Wildman–Crippen LogP) is -1.40. The first kappa shape index (κ1) is 27.9. The molecule has 23 heteroatoms. The number of hydrogen-bond acceptors (Lipinski definition) is 14. The third-order valence-electron chi connectivity index (χ3n) is 5.14. The molecule has 0 aliphatic carbocycles. The summed E-state index contributed by atoms with van der Waals surface area (Å²) in [5.41, 5.74) is 3.20. The first-order valence-corrected chi connectivity index (χ1v) is 14.3. The number of anilines is 1. The first-order chi connectivity index (χ1) is 16.9. The summed E-state index contributed by atoms with van der Waals surface area (Å²) in [4.78, 5) is 52.1. The van der Waals surface area contributed by atoms with E-state index in [-0.39, 0.29) is 27.6 Å². The molecule has 2 unspecified atom stereocenters. The van der Waals surface area contributed by atoms with Crippen molar-refractivity contribution in [1.29, 1.82) is 0 Å². The molecular formula is C14H19N6O14P3. The lowest BCUT2D eigenvalue weighted by molar-refractivity contribution is -0.102. The number of phosphoric ester groups is 1. The number of nitrogens with two attached hydrogens (primary N) is 1. The van der Waals surface area contributed by atoms with Crippen LogP contribution in [0.1, 0.15) is 13.2 Å². The van der Waals surface area contributed by atoms with E-state index < -0.39 is 59.7 Å². The number of nitrogen functional groups attached to an aromatic ring is 1. The molecule has 1 aliphatic heterocycles. The highest BCUT2D eigenvalue weighted by Gasteiger charge is 2.54. The maximum Gasteiger partial charge on any atom is 0.490 e. The summed E-state index contributed by atoms with van der Waals surface area (Å²) in [5, 5.41) is 32.1. The van der Waals surface area contributed by atoms with Crippen molar-refractivity contribution in [3.8, 4) is 0 Å². The molecule has 0 spiro atoms. The lowest BCUT2D eigenvalue weighted by Crippen LogP contribution is -2.44. The highest BCUT2D eigenvalue weighted by atomic mass is 31.3. The smallest absolute Gasteiger partial charge is 0.387 e. The van der Waals surface area contributed by atoms with Crippen molar-refractivity contribution in [2.24, 2.45) is 0 Å². The molecule has 6 atom stereocenters. The average molecular weight is 588 g/mol. The van der Waals surface area contributed by atoms with Gasteiger partial charge in [0.1, 0.15) is 34.7 Å². The molecule has 0 bridgehead atoms. The Balaban J connectivity index is 1.59. The number of aromatic amines is 1. The van der Waals surface area contributed by atoms with Gasteiger partial charge in [0, 0.05) is 17.0 Å². The van der Waals surface area contributed by atoms with E-state index in [2.05, 4.69) is 33.4 Å². The highest BCUT2D eigenvalue weighted by Crippen LogP contribution is 2.66. The van der Waals surface area contributed by atoms with Gasteiger partial charge in [-0.3, -0.25) is 9.32 Å². The summed E-state index contributed by atoms with van der Waals surface area (Å²) < 4.78 is 52.5. The van der Waals surface area contributed by atoms with E-state index in [1.54, 1.807) is 0 Å². The van der Waals surface area contributed by atoms with Gasteiger partial charge >= 0.3 is 23.5 Å². The molecule has 204 valence electrons. The van der Waals surface area contributed by atoms with Gasteiger partial charge in [-0.1, -0.05) is 0 Å². The SMILES string of the molecule is C[C@@]1(O)[C@H](O)[C@@H](COP(=O)(O)OP(=O)(O)OP(=O)(O)O)O[C@H]1n1cc2c(N)nc3c(=O)[nH]ncc(n1)c23. The highest BCUT2D eigenvalue weighted by molar-refractivity contribution is 7.66. The Morgan fingerprint density at radius 1 is 1.22 bits per heavy atom. The molecule has 1 aliphatic rings. The molecule has 0 saturated carbocycles. The lowest BCUT2D eigenvalue weighted by atomic mass is 9.97. The second kappa shape index (κ2) is 9.25. The van der Waals surface area contributed by atoms with Crippen molar-refractivity contribution in [2.75, 3.05) is 12.3 Å². The van der Waals surface area contributed by atoms with Gasteiger partial charge in [0.2, 0.25) is 0 Å². The first-order valence-electron chi connectivity index (χ1n) is 9.76. The zero-order valence-corrected chi connectivity index (χ0v) is 20.9. The van der Waals surface area contributed by atoms with Crippen LogP contribution in [-0.2, 0) is 31.6 Å². The van der Waals surface area contributed by atoms with Crippen molar-refractivity contribution >= 4 is 51.1 Å². The van der Waals surface area contributed by atoms with E-state index >= 15 is 0 Å². The van der Waals surface area contributed by atoms with Crippen LogP contribution in [0.25, 0.3) is 21.8 Å². The number of aliphatic hydroxyl groups is 2. The minimum absolute atomic E-state index is 0.0485. The molecule has 20 nitrogen and oxygen atoms in total. The van der Waals surface area contributed by atoms with E-state index in [0.717, 1.165) is 11.6 Å². The number of aliphatic hydroxyl groups excluding tert-OH is 1. The Morgan fingerprint density at radius 3 is 2.54 bits per heavy atom. The average Bonchev–Trinajstić information content (AvgIpc) is 3.11. The van der Waals surface area contributed by atoms with E-state index in [4.69, 9.17) is 20.3 Å². The molecule has 3 aromatic heterocycles. The number of H-pyrrole nitrogens is 1. The lowest BCUT2D eigenvalue weighted by Gasteiger charge is -2.27. The van der Waals surface area contributed by atoms with Crippen molar-refractivity contribution in [3.05, 3.63) is 22.7 Å². The largest absolute Gasteiger partial charge is 0.490 e. The maximum absolute atomic E-state index is 12.1. The number of hydrogen-bond donors (Lipinski definition) is 8. The molecule has 4 heterocycles. The topological polar surface area (TPSA) is 312 Å². The van der Waals surface area contributed by atoms with Crippen LogP contribution in [0.4, 0.5) is 5.82 Å². The third-order valence-corrected chi connectivity index (χ3v) is 8.94. The van der Waals surface area contributed by atoms with Crippen molar-refractivity contribution < 1.29 is 61.4 Å². The van der Waals surface area contributed by atoms with Crippen LogP contribution in [0.5, 0.6) is 0 Å². The van der Waals surface area contributed by atoms with Crippen molar-refractivity contribution in [3.63, 3.8) is 0 Å². The van der Waals surface area contributed by atoms with Gasteiger partial charge < -0.3 is 40.3 Å². The zero-order valence-electron chi connectivity index (χ0n) is 18.3. The number of nitrogens with zero attached hydrogens (tertiary/aromatic N) is 4. The van der Waals surface area contributed by atoms with E-state index in [0.29, 0.717) is 0 Å². The Morgan fingerprint density at radius 2 is 1.89 bits per heavy atom. The van der Waals surface area contributed by atoms with Gasteiger partial charge in [-0.15, -0.1) is 0 Å². The Labute approximate surface area is 204 Å². The summed E-state index contributed by atoms with van der Waals surface area (Å²) in [6.45, 7) is 0.109. The number of phosphoric acid groups is 3. The van der Waals surface area contributed by atoms with Crippen LogP contribution in [-0.4, -0.2) is 79.2 Å². The minimum Gasteiger partial charge on any atom is -0.387 e. The molecule has 37 heavy (non-hydrogen) atoms. The molecule has 0 radical (unpaired) electrons. The number of aromatic nitrogens is 5. The molecule has 9 N–H and O–H groups in total. The zero-order chi connectivity index (χ0) is 27.6. The number of nitrogens with one attached hydrogen (secondary N) is 1. The predicted molar refractivity (Wildman–Crippen MR) is 118 cm³/mol. The second-order valence-electron chi connectivity index (χ2n) is 7.91. The summed E-state index contributed by atoms with van der Waals surface area (Å²) in [6.07, 6.45) is -2.42. The number of rotatable bonds is 8. The fourth-order valence-corrected chi connectivity index (χ4v) is 6.66. The van der Waals surface area contributed by atoms with Crippen LogP contribution >= 0.6 is 23.5 Å². The quantitative estimate of drug-likeness (QED) is 0.140. The van der Waals surface area contributed by atoms with Gasteiger partial charge in [-0.05, 0) is 6.92 Å². The van der Waals surface area contributed by atoms with Crippen LogP contribution in [0, 0.1) is 0 Å². The van der Waals surface area contributed by atoms with Crippen LogP contribution in [0.15, 0.2) is 17.2 Å². The molecule has 4 rings (SSSR count). The molecule has 0 amide bonds. The molecule has 3 aromatic rings. The number of ether oxygens (including phenoxy) is 1. The summed E-state index contributed by atoms with van der Waals surface area (Å²) in [6, 6.07) is 0. The fraction of sp³-hybridized carbons (Fsp3) is 0.429. The van der Waals surface area contributed by atoms with Crippen LogP contribution < -0.4 is 11.3 Å². The van der Waals surface area contributed by atoms with Gasteiger partial charge in [-0.2, -0.15) is 18.8 Å². The van der Waals surface area contributed by atoms with Crippen molar-refractivity contribution in [2.45, 2.75) is 31.0 Å². The Kier molecular flexibility index (Phi) is 6.97. The van der Waals surface area contributed by atoms with E-state index in [1.807, 2.05) is 0 Å². The minimum atomic E-state index is -5.76. The fourth-order valence-electron chi connectivity index (χ4n) is 3.63.